The van der Waals surface area contributed by atoms with Crippen molar-refractivity contribution in [3.63, 3.8) is 0 Å². The molecule has 0 atom stereocenters. The van der Waals surface area contributed by atoms with Gasteiger partial charge in [-0.15, -0.1) is 0 Å². The second-order valence-electron chi connectivity index (χ2n) is 27.2. The molecule has 35 aromatic rings. The van der Waals surface area contributed by atoms with E-state index in [4.69, 9.17) is 0 Å². The molecule has 0 bridgehead atoms. The molecule has 318 valence electrons. The Morgan fingerprint density at radius 1 is 0.143 bits per heavy atom. The summed E-state index contributed by atoms with van der Waals surface area (Å²) in [6.45, 7) is 0. The summed E-state index contributed by atoms with van der Waals surface area (Å²) in [5.41, 5.74) is 4.36. The molecule has 34 aromatic carbocycles. The van der Waals surface area contributed by atoms with Crippen LogP contribution in [0.4, 0.5) is 0 Å². The Morgan fingerprint density at radius 2 is 0.325 bits per heavy atom. The van der Waals surface area contributed by atoms with Gasteiger partial charge in [-0.25, -0.2) is 0 Å². The first-order valence-electron chi connectivity index (χ1n) is 28.4. The van der Waals surface area contributed by atoms with Gasteiger partial charge in [-0.3, -0.25) is 0 Å². The SMILES string of the molecule is c1cc2ccc3ccc(-n4c5c6c7c8c9c%10c%11c%12c%13c%14c%15c%12c%12c%10c%10c%16c%12c%12c%15c%15c%17c%14c%14c%18c%13c%13c%11c9c9c%11c%13c%18c%13c%18c%14c%17c%14c%17c%15c%12c%12c%16c(c6c%108)c6c%12c%17c8c%14c%18c%10c%13c%11c(c97)c5c%10c8c64)c4ccc(c1)c2c34. The zero-order chi connectivity index (χ0) is 45.6. The number of pyridine rings is 1. The molecule has 77 heavy (non-hydrogen) atoms. The van der Waals surface area contributed by atoms with E-state index in [0.717, 1.165) is 0 Å². The predicted molar refractivity (Wildman–Crippen MR) is 333 cm³/mol. The number of nitrogens with zero attached hydrogens (tertiary/aromatic N) is 1. The Balaban J connectivity index is 1.11. The van der Waals surface area contributed by atoms with Gasteiger partial charge >= 0.3 is 0 Å². The molecule has 0 amide bonds. The Morgan fingerprint density at radius 3 is 0.571 bits per heavy atom. The van der Waals surface area contributed by atoms with Crippen LogP contribution >= 0.6 is 0 Å². The maximum absolute atomic E-state index is 3.01. The molecule has 0 N–H and O–H groups in total. The van der Waals surface area contributed by atoms with Gasteiger partial charge in [-0.2, -0.15) is 0 Å². The van der Waals surface area contributed by atoms with Gasteiger partial charge in [0.15, 0.2) is 0 Å². The maximum atomic E-state index is 3.01. The van der Waals surface area contributed by atoms with Crippen molar-refractivity contribution >= 4 is 356 Å². The van der Waals surface area contributed by atoms with Crippen LogP contribution in [0.3, 0.4) is 0 Å². The van der Waals surface area contributed by atoms with Gasteiger partial charge in [0.25, 0.3) is 0 Å². The molecule has 0 saturated carbocycles. The van der Waals surface area contributed by atoms with Gasteiger partial charge < -0.3 is 4.57 Å². The highest BCUT2D eigenvalue weighted by molar-refractivity contribution is 6.84. The molecule has 0 spiro atoms. The second kappa shape index (κ2) is 6.75. The third-order valence-electron chi connectivity index (χ3n) is 26.4. The van der Waals surface area contributed by atoms with Crippen LogP contribution in [0.25, 0.3) is 361 Å². The van der Waals surface area contributed by atoms with Crippen molar-refractivity contribution in [3.8, 4) is 5.69 Å². The lowest BCUT2D eigenvalue weighted by Gasteiger charge is -2.26. The summed E-state index contributed by atoms with van der Waals surface area (Å²) in [7, 11) is 0. The van der Waals surface area contributed by atoms with E-state index < -0.39 is 0 Å². The fourth-order valence-corrected chi connectivity index (χ4v) is 25.7. The number of hydrogen-bond donors (Lipinski definition) is 0. The van der Waals surface area contributed by atoms with Crippen LogP contribution in [0.1, 0.15) is 0 Å². The highest BCUT2D eigenvalue weighted by atomic mass is 15.0. The quantitative estimate of drug-likeness (QED) is 0.114. The van der Waals surface area contributed by atoms with Crippen LogP contribution in [-0.2, 0) is 0 Å². The molecule has 0 unspecified atom stereocenters. The Bertz CT molecular complexity index is 8130. The average Bonchev–Trinajstić information content (AvgIpc) is 1.86. The number of hydrogen-bond acceptors (Lipinski definition) is 0. The minimum Gasteiger partial charge on any atom is -0.307 e. The van der Waals surface area contributed by atoms with Gasteiger partial charge in [-0.05, 0) is 33.0 Å². The van der Waals surface area contributed by atoms with E-state index in [2.05, 4.69) is 59.2 Å². The standard InChI is InChI=1S/C76H9N/c1-2-10-4-5-12-7-9-14(13-8-6-11(3-1)15(10)16(12)13)77-75-71-64-57-45-37-28-19-17-18-20-23(19)32-39(37)47-48-40(32)38-29(20)31-27-22(18)25-24-21(17)26-30(28)43(45)51-49-35(26)33(24)41-42-34(25)36(27)50-52-44(31)46(38)58-60(48)69(68(71)59(47)57)72-65(58)63(52)67-56(50)54(42)61-53(41)55(49)66(62(51)64)73(75)70(61)74(67)76(72)77/h1-9H. The van der Waals surface area contributed by atoms with Crippen LogP contribution in [0.5, 0.6) is 0 Å². The van der Waals surface area contributed by atoms with E-state index in [0.29, 0.717) is 0 Å². The molecule has 0 radical (unpaired) electrons. The number of benzene rings is 23. The van der Waals surface area contributed by atoms with Gasteiger partial charge in [0.2, 0.25) is 0 Å². The lowest BCUT2D eigenvalue weighted by atomic mass is 9.84. The summed E-state index contributed by atoms with van der Waals surface area (Å²) in [4.78, 5) is 0. The minimum absolute atomic E-state index is 1.34. The first-order valence-corrected chi connectivity index (χ1v) is 28.4. The number of aromatic nitrogens is 1. The summed E-state index contributed by atoms with van der Waals surface area (Å²) < 4.78 is 3.01. The summed E-state index contributed by atoms with van der Waals surface area (Å²) in [6, 6.07) is 21.8. The van der Waals surface area contributed by atoms with Gasteiger partial charge in [0.05, 0.1) is 16.7 Å². The topological polar surface area (TPSA) is 4.93 Å². The van der Waals surface area contributed by atoms with Crippen LogP contribution in [0, 0.1) is 0 Å². The molecule has 0 fully saturated rings. The normalized spacial score (nSPS) is 16.8. The van der Waals surface area contributed by atoms with E-state index in [-0.39, 0.29) is 0 Å². The maximum Gasteiger partial charge on any atom is 0.0633 e. The Labute approximate surface area is 418 Å². The molecule has 1 nitrogen and oxygen atoms in total. The van der Waals surface area contributed by atoms with E-state index in [1.54, 1.807) is 312 Å². The fraction of sp³-hybridized carbons (Fsp3) is 0. The van der Waals surface area contributed by atoms with Crippen molar-refractivity contribution in [3.05, 3.63) is 54.6 Å². The van der Waals surface area contributed by atoms with Crippen LogP contribution in [-0.4, -0.2) is 4.57 Å². The molecule has 1 heteroatoms. The lowest BCUT2D eigenvalue weighted by Crippen LogP contribution is -2.04. The summed E-state index contributed by atoms with van der Waals surface area (Å²) >= 11 is 0. The van der Waals surface area contributed by atoms with E-state index in [1.807, 2.05) is 0 Å². The fourth-order valence-electron chi connectivity index (χ4n) is 25.7. The number of fused-ring (bicyclic) bond motifs is 5. The zero-order valence-electron chi connectivity index (χ0n) is 39.1. The van der Waals surface area contributed by atoms with Crippen molar-refractivity contribution in [1.29, 1.82) is 0 Å². The molecule has 0 saturated heterocycles. The largest absolute Gasteiger partial charge is 0.307 e. The van der Waals surface area contributed by atoms with Crippen LogP contribution in [0.15, 0.2) is 54.6 Å². The van der Waals surface area contributed by atoms with Crippen molar-refractivity contribution < 1.29 is 0 Å². The molecule has 0 aliphatic heterocycles. The monoisotopic (exact) mass is 935 g/mol. The smallest absolute Gasteiger partial charge is 0.0633 e. The van der Waals surface area contributed by atoms with Gasteiger partial charge in [-0.1, -0.05) is 48.5 Å². The summed E-state index contributed by atoms with van der Waals surface area (Å²) in [5, 5.41) is 103. The third kappa shape index (κ3) is 1.66. The first kappa shape index (κ1) is 28.6. The van der Waals surface area contributed by atoms with Gasteiger partial charge in [0.1, 0.15) is 0 Å². The predicted octanol–water partition coefficient (Wildman–Crippen LogP) is 22.0. The molecule has 35 rings (SSSR count). The second-order valence-corrected chi connectivity index (χ2v) is 27.2. The molecular formula is C76H9N. The Hall–Kier alpha value is -10.1. The van der Waals surface area contributed by atoms with E-state index >= 15 is 0 Å². The van der Waals surface area contributed by atoms with Crippen LogP contribution < -0.4 is 0 Å². The van der Waals surface area contributed by atoms with E-state index in [9.17, 15) is 0 Å². The van der Waals surface area contributed by atoms with E-state index in [1.165, 1.54) is 49.0 Å². The van der Waals surface area contributed by atoms with Crippen molar-refractivity contribution in [1.82, 2.24) is 4.57 Å². The summed E-state index contributed by atoms with van der Waals surface area (Å²) in [6.07, 6.45) is 0. The first-order chi connectivity index (χ1) is 38.4. The number of rotatable bonds is 1. The highest BCUT2D eigenvalue weighted by Gasteiger charge is 2.51. The zero-order valence-corrected chi connectivity index (χ0v) is 39.1. The molecule has 0 aliphatic carbocycles. The minimum atomic E-state index is 1.34. The third-order valence-corrected chi connectivity index (χ3v) is 26.4. The lowest BCUT2D eigenvalue weighted by molar-refractivity contribution is 1.21. The Kier molecular flexibility index (Phi) is 2.50. The molecular weight excluding hydrogens is 927 g/mol. The molecule has 1 aromatic heterocycles. The van der Waals surface area contributed by atoms with Crippen molar-refractivity contribution in [2.75, 3.05) is 0 Å². The summed E-state index contributed by atoms with van der Waals surface area (Å²) in [5.74, 6) is 0. The van der Waals surface area contributed by atoms with Gasteiger partial charge in [0, 0.05) is 318 Å². The average molecular weight is 936 g/mol. The van der Waals surface area contributed by atoms with Crippen molar-refractivity contribution in [2.45, 2.75) is 0 Å². The molecule has 0 aliphatic rings. The van der Waals surface area contributed by atoms with Crippen LogP contribution in [0.2, 0.25) is 0 Å². The highest BCUT2D eigenvalue weighted by Crippen LogP contribution is 2.80. The van der Waals surface area contributed by atoms with Crippen molar-refractivity contribution in [2.24, 2.45) is 0 Å². The molecule has 1 heterocycles.